The molecule has 0 N–H and O–H groups in total. The fourth-order valence-electron chi connectivity index (χ4n) is 3.84. The maximum atomic E-state index is 13.1. The van der Waals surface area contributed by atoms with Crippen molar-refractivity contribution in [3.05, 3.63) is 39.2 Å². The minimum absolute atomic E-state index is 0.0526. The molecule has 2 aliphatic rings. The summed E-state index contributed by atoms with van der Waals surface area (Å²) in [6.07, 6.45) is 0.830. The van der Waals surface area contributed by atoms with Crippen LogP contribution < -0.4 is 4.90 Å². The Kier molecular flexibility index (Phi) is 3.54. The van der Waals surface area contributed by atoms with Gasteiger partial charge in [0, 0.05) is 30.4 Å². The normalized spacial score (nSPS) is 27.3. The molecule has 0 unspecified atom stereocenters. The topological polar surface area (TPSA) is 40.6 Å². The van der Waals surface area contributed by atoms with Gasteiger partial charge < -0.3 is 9.80 Å². The van der Waals surface area contributed by atoms with Crippen LogP contribution in [-0.4, -0.2) is 36.3 Å². The van der Waals surface area contributed by atoms with Crippen molar-refractivity contribution in [3.63, 3.8) is 0 Å². The number of anilines is 1. The third-order valence-corrected chi connectivity index (χ3v) is 6.59. The Bertz CT molecular complexity index is 726. The van der Waals surface area contributed by atoms with Gasteiger partial charge in [-0.05, 0) is 35.2 Å². The largest absolute Gasteiger partial charge is 0.337 e. The second-order valence-electron chi connectivity index (χ2n) is 6.44. The van der Waals surface area contributed by atoms with Crippen molar-refractivity contribution in [2.45, 2.75) is 13.3 Å². The molecule has 2 atom stereocenters. The molecular formula is C17H18N2O2S2. The maximum Gasteiger partial charge on any atom is 0.254 e. The van der Waals surface area contributed by atoms with Crippen molar-refractivity contribution >= 4 is 40.2 Å². The lowest BCUT2D eigenvalue weighted by Gasteiger charge is -2.26. The molecule has 2 aromatic rings. The number of amides is 2. The third kappa shape index (κ3) is 2.23. The lowest BCUT2D eigenvalue weighted by molar-refractivity contribution is -0.126. The van der Waals surface area contributed by atoms with Gasteiger partial charge in [-0.15, -0.1) is 0 Å². The monoisotopic (exact) mass is 346 g/mol. The number of likely N-dealkylation sites (tertiary alicyclic amines) is 1. The third-order valence-electron chi connectivity index (χ3n) is 5.24. The van der Waals surface area contributed by atoms with E-state index in [-0.39, 0.29) is 17.7 Å². The van der Waals surface area contributed by atoms with Crippen LogP contribution in [0.3, 0.4) is 0 Å². The second-order valence-corrected chi connectivity index (χ2v) is 8.00. The highest BCUT2D eigenvalue weighted by Crippen LogP contribution is 2.46. The molecule has 4 heterocycles. The van der Waals surface area contributed by atoms with Crippen LogP contribution in [0.2, 0.25) is 0 Å². The highest BCUT2D eigenvalue weighted by molar-refractivity contribution is 7.08. The van der Waals surface area contributed by atoms with Crippen LogP contribution in [0, 0.1) is 11.3 Å². The first-order chi connectivity index (χ1) is 11.1. The molecule has 120 valence electrons. The Balaban J connectivity index is 1.58. The highest BCUT2D eigenvalue weighted by atomic mass is 32.1. The molecule has 0 aromatic carbocycles. The molecule has 2 fully saturated rings. The van der Waals surface area contributed by atoms with E-state index < -0.39 is 5.41 Å². The summed E-state index contributed by atoms with van der Waals surface area (Å²) in [5.41, 5.74) is 1.32. The van der Waals surface area contributed by atoms with Gasteiger partial charge in [-0.1, -0.05) is 6.92 Å². The van der Waals surface area contributed by atoms with Gasteiger partial charge in [0.25, 0.3) is 5.91 Å². The minimum Gasteiger partial charge on any atom is -0.337 e. The van der Waals surface area contributed by atoms with Crippen LogP contribution in [0.25, 0.3) is 0 Å². The number of nitrogens with zero attached hydrogens (tertiary/aromatic N) is 2. The van der Waals surface area contributed by atoms with Gasteiger partial charge in [0.15, 0.2) is 0 Å². The average molecular weight is 346 g/mol. The number of carbonyl (C=O) groups excluding carboxylic acids is 2. The Morgan fingerprint density at radius 1 is 1.26 bits per heavy atom. The first-order valence-electron chi connectivity index (χ1n) is 7.77. The van der Waals surface area contributed by atoms with Gasteiger partial charge in [0.1, 0.15) is 0 Å². The molecule has 2 amide bonds. The van der Waals surface area contributed by atoms with Gasteiger partial charge in [-0.2, -0.15) is 22.7 Å². The average Bonchev–Trinajstić information content (AvgIpc) is 3.31. The second kappa shape index (κ2) is 5.46. The van der Waals surface area contributed by atoms with Crippen molar-refractivity contribution in [2.75, 3.05) is 24.5 Å². The summed E-state index contributed by atoms with van der Waals surface area (Å²) in [6.45, 7) is 4.07. The molecule has 1 spiro atoms. The number of thiophene rings is 2. The molecule has 2 saturated heterocycles. The van der Waals surface area contributed by atoms with Gasteiger partial charge in [0.05, 0.1) is 16.7 Å². The van der Waals surface area contributed by atoms with Crippen molar-refractivity contribution in [3.8, 4) is 0 Å². The zero-order valence-corrected chi connectivity index (χ0v) is 14.5. The molecule has 23 heavy (non-hydrogen) atoms. The van der Waals surface area contributed by atoms with E-state index in [0.29, 0.717) is 13.1 Å². The molecule has 6 heteroatoms. The van der Waals surface area contributed by atoms with E-state index in [1.807, 2.05) is 43.5 Å². The Morgan fingerprint density at radius 3 is 2.74 bits per heavy atom. The Morgan fingerprint density at radius 2 is 2.04 bits per heavy atom. The van der Waals surface area contributed by atoms with Crippen molar-refractivity contribution in [1.82, 2.24) is 4.90 Å². The first-order valence-corrected chi connectivity index (χ1v) is 9.66. The van der Waals surface area contributed by atoms with E-state index in [1.54, 1.807) is 11.3 Å². The summed E-state index contributed by atoms with van der Waals surface area (Å²) < 4.78 is 0. The van der Waals surface area contributed by atoms with E-state index in [0.717, 1.165) is 24.2 Å². The van der Waals surface area contributed by atoms with E-state index >= 15 is 0 Å². The Labute approximate surface area is 143 Å². The number of hydrogen-bond acceptors (Lipinski definition) is 4. The molecule has 4 rings (SSSR count). The molecule has 0 bridgehead atoms. The summed E-state index contributed by atoms with van der Waals surface area (Å²) in [7, 11) is 0. The zero-order chi connectivity index (χ0) is 16.0. The standard InChI is InChI=1S/C17H18N2O2S2/c1-12-8-18(15(20)13-2-6-22-9-13)11-17(12)4-5-19(16(17)21)14-3-7-23-10-14/h2-3,6-7,9-10,12H,4-5,8,11H2,1H3/t12-,17-/m1/s1. The lowest BCUT2D eigenvalue weighted by Crippen LogP contribution is -2.40. The summed E-state index contributed by atoms with van der Waals surface area (Å²) >= 11 is 3.14. The summed E-state index contributed by atoms with van der Waals surface area (Å²) in [4.78, 5) is 29.5. The van der Waals surface area contributed by atoms with Crippen molar-refractivity contribution < 1.29 is 9.59 Å². The van der Waals surface area contributed by atoms with E-state index in [4.69, 9.17) is 0 Å². The fourth-order valence-corrected chi connectivity index (χ4v) is 5.11. The smallest absolute Gasteiger partial charge is 0.254 e. The van der Waals surface area contributed by atoms with E-state index in [2.05, 4.69) is 6.92 Å². The van der Waals surface area contributed by atoms with Gasteiger partial charge >= 0.3 is 0 Å². The van der Waals surface area contributed by atoms with Crippen LogP contribution in [0.1, 0.15) is 23.7 Å². The van der Waals surface area contributed by atoms with E-state index in [1.165, 1.54) is 11.3 Å². The quantitative estimate of drug-likeness (QED) is 0.837. The Hall–Kier alpha value is -1.66. The van der Waals surface area contributed by atoms with Crippen LogP contribution in [0.5, 0.6) is 0 Å². The maximum absolute atomic E-state index is 13.1. The molecule has 0 aliphatic carbocycles. The number of carbonyl (C=O) groups is 2. The van der Waals surface area contributed by atoms with Crippen LogP contribution in [-0.2, 0) is 4.79 Å². The summed E-state index contributed by atoms with van der Waals surface area (Å²) in [5.74, 6) is 0.432. The highest BCUT2D eigenvalue weighted by Gasteiger charge is 2.56. The SMILES string of the molecule is C[C@@H]1CN(C(=O)c2ccsc2)C[C@]12CCN(c1ccsc1)C2=O. The first kappa shape index (κ1) is 14.9. The minimum atomic E-state index is -0.409. The predicted octanol–water partition coefficient (Wildman–Crippen LogP) is 3.32. The summed E-state index contributed by atoms with van der Waals surface area (Å²) in [6, 6.07) is 3.85. The fraction of sp³-hybridized carbons (Fsp3) is 0.412. The summed E-state index contributed by atoms with van der Waals surface area (Å²) in [5, 5.41) is 7.82. The van der Waals surface area contributed by atoms with Crippen molar-refractivity contribution in [2.24, 2.45) is 11.3 Å². The van der Waals surface area contributed by atoms with E-state index in [9.17, 15) is 9.59 Å². The van der Waals surface area contributed by atoms with Gasteiger partial charge in [-0.25, -0.2) is 0 Å². The molecule has 0 radical (unpaired) electrons. The van der Waals surface area contributed by atoms with Gasteiger partial charge in [-0.3, -0.25) is 9.59 Å². The zero-order valence-electron chi connectivity index (χ0n) is 12.9. The number of rotatable bonds is 2. The van der Waals surface area contributed by atoms with Crippen LogP contribution in [0.15, 0.2) is 33.7 Å². The van der Waals surface area contributed by atoms with Crippen LogP contribution >= 0.6 is 22.7 Å². The van der Waals surface area contributed by atoms with Gasteiger partial charge in [0.2, 0.25) is 5.91 Å². The molecular weight excluding hydrogens is 328 g/mol. The lowest BCUT2D eigenvalue weighted by atomic mass is 9.78. The number of hydrogen-bond donors (Lipinski definition) is 0. The predicted molar refractivity (Wildman–Crippen MR) is 93.1 cm³/mol. The molecule has 2 aromatic heterocycles. The molecule has 0 saturated carbocycles. The van der Waals surface area contributed by atoms with Crippen molar-refractivity contribution in [1.29, 1.82) is 0 Å². The molecule has 2 aliphatic heterocycles. The van der Waals surface area contributed by atoms with Crippen LogP contribution in [0.4, 0.5) is 5.69 Å². The molecule has 4 nitrogen and oxygen atoms in total.